The summed E-state index contributed by atoms with van der Waals surface area (Å²) in [7, 11) is -3.77. The number of hydrogen-bond acceptors (Lipinski definition) is 13. The first-order valence-electron chi connectivity index (χ1n) is 13.5. The fourth-order valence-corrected chi connectivity index (χ4v) is 3.74. The average molecular weight is 626 g/mol. The molecule has 0 aliphatic rings. The van der Waals surface area contributed by atoms with Crippen molar-refractivity contribution in [1.82, 2.24) is 5.32 Å². The molecule has 0 heterocycles. The molecule has 15 nitrogen and oxygen atoms in total. The fraction of sp³-hybridized carbons (Fsp3) is 0.692. The number of nitrogens with one attached hydrogen (secondary N) is 1. The molecule has 242 valence electrons. The molecule has 0 spiro atoms. The van der Waals surface area contributed by atoms with Crippen molar-refractivity contribution < 1.29 is 65.2 Å². The highest BCUT2D eigenvalue weighted by atomic mass is 32.2. The maximum atomic E-state index is 11.9. The summed E-state index contributed by atoms with van der Waals surface area (Å²) in [6.07, 6.45) is 0. The second-order valence-corrected chi connectivity index (χ2v) is 9.73. The van der Waals surface area contributed by atoms with Gasteiger partial charge < -0.3 is 48.3 Å². The highest BCUT2D eigenvalue weighted by Crippen LogP contribution is 2.10. The minimum absolute atomic E-state index is 0.0712. The molecule has 0 aliphatic heterocycles. The number of carboxylic acid groups (broad SMARTS) is 1. The molecule has 0 saturated carbocycles. The van der Waals surface area contributed by atoms with Crippen molar-refractivity contribution >= 4 is 22.0 Å². The van der Waals surface area contributed by atoms with Gasteiger partial charge in [-0.05, 0) is 12.1 Å². The van der Waals surface area contributed by atoms with Gasteiger partial charge in [0.25, 0.3) is 10.1 Å². The predicted octanol–water partition coefficient (Wildman–Crippen LogP) is -0.274. The fourth-order valence-electron chi connectivity index (χ4n) is 2.82. The lowest BCUT2D eigenvalue weighted by molar-refractivity contribution is -0.143. The van der Waals surface area contributed by atoms with Crippen LogP contribution in [0.25, 0.3) is 0 Å². The first kappa shape index (κ1) is 37.8. The number of rotatable bonds is 30. The third kappa shape index (κ3) is 23.3. The van der Waals surface area contributed by atoms with Gasteiger partial charge in [-0.15, -0.1) is 0 Å². The SMILES string of the molecule is O=C(O)COCC(=O)NCCOCCOCCOCCOCCOCCOCCOCCOS(=O)(=O)c1ccccc1. The van der Waals surface area contributed by atoms with Crippen LogP contribution in [0.3, 0.4) is 0 Å². The molecule has 1 aromatic rings. The van der Waals surface area contributed by atoms with Crippen molar-refractivity contribution in [3.63, 3.8) is 0 Å². The monoisotopic (exact) mass is 625 g/mol. The maximum Gasteiger partial charge on any atom is 0.329 e. The van der Waals surface area contributed by atoms with Gasteiger partial charge in [0.2, 0.25) is 5.91 Å². The zero-order valence-electron chi connectivity index (χ0n) is 23.8. The van der Waals surface area contributed by atoms with E-state index in [1.807, 2.05) is 0 Å². The van der Waals surface area contributed by atoms with Crippen LogP contribution in [0.2, 0.25) is 0 Å². The quantitative estimate of drug-likeness (QED) is 0.0841. The van der Waals surface area contributed by atoms with E-state index in [0.29, 0.717) is 85.9 Å². The van der Waals surface area contributed by atoms with Crippen LogP contribution in [0, 0.1) is 0 Å². The zero-order chi connectivity index (χ0) is 30.6. The zero-order valence-corrected chi connectivity index (χ0v) is 24.6. The van der Waals surface area contributed by atoms with Crippen LogP contribution in [-0.4, -0.2) is 144 Å². The summed E-state index contributed by atoms with van der Waals surface area (Å²) in [5.41, 5.74) is 0. The number of aliphatic carboxylic acids is 1. The Morgan fingerprint density at radius 2 is 0.976 bits per heavy atom. The Morgan fingerprint density at radius 1 is 0.571 bits per heavy atom. The van der Waals surface area contributed by atoms with Crippen LogP contribution < -0.4 is 5.32 Å². The number of carbonyl (C=O) groups excluding carboxylic acids is 1. The van der Waals surface area contributed by atoms with Crippen molar-refractivity contribution in [2.45, 2.75) is 4.90 Å². The molecule has 1 aromatic carbocycles. The van der Waals surface area contributed by atoms with E-state index in [0.717, 1.165) is 0 Å². The first-order chi connectivity index (χ1) is 20.4. The second-order valence-electron chi connectivity index (χ2n) is 8.11. The molecule has 0 aliphatic carbocycles. The van der Waals surface area contributed by atoms with Crippen molar-refractivity contribution in [3.05, 3.63) is 30.3 Å². The molecule has 0 aromatic heterocycles. The molecule has 0 atom stereocenters. The van der Waals surface area contributed by atoms with Gasteiger partial charge in [0.05, 0.1) is 104 Å². The molecular formula is C26H43NO14S. The average Bonchev–Trinajstić information content (AvgIpc) is 2.97. The topological polar surface area (TPSA) is 184 Å². The van der Waals surface area contributed by atoms with Gasteiger partial charge in [0, 0.05) is 6.54 Å². The highest BCUT2D eigenvalue weighted by Gasteiger charge is 2.13. The van der Waals surface area contributed by atoms with Crippen LogP contribution in [0.5, 0.6) is 0 Å². The van der Waals surface area contributed by atoms with Crippen LogP contribution >= 0.6 is 0 Å². The number of hydrogen-bond donors (Lipinski definition) is 2. The molecule has 0 radical (unpaired) electrons. The minimum atomic E-state index is -3.77. The van der Waals surface area contributed by atoms with Gasteiger partial charge in [-0.1, -0.05) is 18.2 Å². The Morgan fingerprint density at radius 3 is 1.40 bits per heavy atom. The van der Waals surface area contributed by atoms with Gasteiger partial charge in [0.15, 0.2) is 0 Å². The lowest BCUT2D eigenvalue weighted by atomic mass is 10.4. The maximum absolute atomic E-state index is 11.9. The summed E-state index contributed by atoms with van der Waals surface area (Å²) < 4.78 is 71.0. The van der Waals surface area contributed by atoms with Crippen LogP contribution in [0.4, 0.5) is 0 Å². The summed E-state index contributed by atoms with van der Waals surface area (Å²) in [4.78, 5) is 21.7. The van der Waals surface area contributed by atoms with E-state index < -0.39 is 28.6 Å². The molecule has 0 unspecified atom stereocenters. The molecule has 1 amide bonds. The first-order valence-corrected chi connectivity index (χ1v) is 14.9. The third-order valence-electron chi connectivity index (χ3n) is 4.76. The minimum Gasteiger partial charge on any atom is -0.480 e. The lowest BCUT2D eigenvalue weighted by Crippen LogP contribution is -2.31. The smallest absolute Gasteiger partial charge is 0.329 e. The van der Waals surface area contributed by atoms with Crippen molar-refractivity contribution in [2.24, 2.45) is 0 Å². The van der Waals surface area contributed by atoms with Crippen LogP contribution in [-0.2, 0) is 61.8 Å². The van der Waals surface area contributed by atoms with Crippen molar-refractivity contribution in [1.29, 1.82) is 0 Å². The molecule has 2 N–H and O–H groups in total. The Kier molecular flexibility index (Phi) is 23.7. The molecule has 16 heteroatoms. The number of carboxylic acids is 1. The predicted molar refractivity (Wildman–Crippen MR) is 147 cm³/mol. The molecule has 0 fully saturated rings. The number of ether oxygens (including phenoxy) is 8. The summed E-state index contributed by atoms with van der Waals surface area (Å²) in [5.74, 6) is -1.54. The summed E-state index contributed by atoms with van der Waals surface area (Å²) in [5, 5.41) is 10.9. The summed E-state index contributed by atoms with van der Waals surface area (Å²) >= 11 is 0. The third-order valence-corrected chi connectivity index (χ3v) is 6.08. The van der Waals surface area contributed by atoms with E-state index in [2.05, 4.69) is 10.1 Å². The van der Waals surface area contributed by atoms with Gasteiger partial charge in [0.1, 0.15) is 13.2 Å². The standard InChI is InChI=1S/C26H43NO14S/c28-25(22-40-23-26(29)30)27-6-7-33-8-9-34-10-11-35-12-13-36-14-15-37-16-17-38-18-19-39-20-21-41-42(31,32)24-4-2-1-3-5-24/h1-5H,6-23H2,(H,27,28)(H,29,30). The molecular weight excluding hydrogens is 582 g/mol. The van der Waals surface area contributed by atoms with Crippen LogP contribution in [0.1, 0.15) is 0 Å². The Bertz CT molecular complexity index is 904. The largest absolute Gasteiger partial charge is 0.480 e. The summed E-state index contributed by atoms with van der Waals surface area (Å²) in [6.45, 7) is 4.64. The van der Waals surface area contributed by atoms with E-state index in [9.17, 15) is 18.0 Å². The van der Waals surface area contributed by atoms with Gasteiger partial charge in [-0.2, -0.15) is 8.42 Å². The van der Waals surface area contributed by atoms with Crippen molar-refractivity contribution in [3.8, 4) is 0 Å². The van der Waals surface area contributed by atoms with Gasteiger partial charge >= 0.3 is 5.97 Å². The molecule has 1 rings (SSSR count). The van der Waals surface area contributed by atoms with E-state index in [4.69, 9.17) is 42.4 Å². The number of carbonyl (C=O) groups is 2. The van der Waals surface area contributed by atoms with Gasteiger partial charge in [-0.3, -0.25) is 8.98 Å². The number of benzene rings is 1. The Hall–Kier alpha value is -2.25. The molecule has 42 heavy (non-hydrogen) atoms. The Labute approximate surface area is 246 Å². The normalized spacial score (nSPS) is 11.5. The highest BCUT2D eigenvalue weighted by molar-refractivity contribution is 7.86. The van der Waals surface area contributed by atoms with Crippen molar-refractivity contribution in [2.75, 3.05) is 119 Å². The van der Waals surface area contributed by atoms with E-state index in [-0.39, 0.29) is 31.3 Å². The van der Waals surface area contributed by atoms with Gasteiger partial charge in [-0.25, -0.2) is 4.79 Å². The molecule has 0 saturated heterocycles. The van der Waals surface area contributed by atoms with E-state index >= 15 is 0 Å². The summed E-state index contributed by atoms with van der Waals surface area (Å²) in [6, 6.07) is 7.93. The van der Waals surface area contributed by atoms with Crippen LogP contribution in [0.15, 0.2) is 35.2 Å². The molecule has 0 bridgehead atoms. The Balaban J connectivity index is 1.71. The van der Waals surface area contributed by atoms with E-state index in [1.54, 1.807) is 18.2 Å². The van der Waals surface area contributed by atoms with E-state index in [1.165, 1.54) is 12.1 Å². The second kappa shape index (κ2) is 26.4. The number of amides is 1. The lowest BCUT2D eigenvalue weighted by Gasteiger charge is -2.09.